The third kappa shape index (κ3) is 4.45. The molecule has 0 spiro atoms. The lowest BCUT2D eigenvalue weighted by molar-refractivity contribution is -0.117. The number of hydrogen-bond acceptors (Lipinski definition) is 2. The van der Waals surface area contributed by atoms with Crippen LogP contribution in [0.2, 0.25) is 0 Å². The zero-order valence-electron chi connectivity index (χ0n) is 12.6. The summed E-state index contributed by atoms with van der Waals surface area (Å²) in [7, 11) is 0. The fourth-order valence-corrected chi connectivity index (χ4v) is 2.22. The summed E-state index contributed by atoms with van der Waals surface area (Å²) in [6.45, 7) is 5.59. The molecule has 1 aromatic carbocycles. The summed E-state index contributed by atoms with van der Waals surface area (Å²) in [5.74, 6) is 0.550. The Kier molecular flexibility index (Phi) is 5.14. The van der Waals surface area contributed by atoms with Crippen molar-refractivity contribution in [2.45, 2.75) is 26.7 Å². The summed E-state index contributed by atoms with van der Waals surface area (Å²) < 4.78 is 0. The summed E-state index contributed by atoms with van der Waals surface area (Å²) in [5, 5.41) is 2.84. The normalized spacial score (nSPS) is 15.2. The van der Waals surface area contributed by atoms with Crippen LogP contribution in [0.15, 0.2) is 30.3 Å². The first-order valence-corrected chi connectivity index (χ1v) is 7.42. The molecule has 0 radical (unpaired) electrons. The number of carbonyl (C=O) groups is 2. The van der Waals surface area contributed by atoms with Gasteiger partial charge in [-0.1, -0.05) is 26.0 Å². The van der Waals surface area contributed by atoms with E-state index in [1.807, 2.05) is 29.2 Å². The van der Waals surface area contributed by atoms with Gasteiger partial charge >= 0.3 is 0 Å². The monoisotopic (exact) mass is 286 g/mol. The molecule has 1 heterocycles. The van der Waals surface area contributed by atoms with Crippen molar-refractivity contribution >= 4 is 23.6 Å². The van der Waals surface area contributed by atoms with Crippen molar-refractivity contribution < 1.29 is 9.59 Å². The van der Waals surface area contributed by atoms with Gasteiger partial charge in [0.25, 0.3) is 0 Å². The molecule has 4 nitrogen and oxygen atoms in total. The molecule has 0 aromatic heterocycles. The van der Waals surface area contributed by atoms with Crippen LogP contribution in [0.3, 0.4) is 0 Å². The van der Waals surface area contributed by atoms with E-state index >= 15 is 0 Å². The maximum absolute atomic E-state index is 11.7. The van der Waals surface area contributed by atoms with Gasteiger partial charge in [0.15, 0.2) is 0 Å². The van der Waals surface area contributed by atoms with Gasteiger partial charge in [-0.05, 0) is 36.1 Å². The highest BCUT2D eigenvalue weighted by Gasteiger charge is 2.21. The number of nitrogens with one attached hydrogen (secondary N) is 1. The Balaban J connectivity index is 1.93. The Morgan fingerprint density at radius 1 is 1.33 bits per heavy atom. The summed E-state index contributed by atoms with van der Waals surface area (Å²) in [6, 6.07) is 7.70. The average Bonchev–Trinajstić information content (AvgIpc) is 2.89. The van der Waals surface area contributed by atoms with Gasteiger partial charge in [-0.3, -0.25) is 9.59 Å². The van der Waals surface area contributed by atoms with Crippen LogP contribution >= 0.6 is 0 Å². The quantitative estimate of drug-likeness (QED) is 0.846. The zero-order chi connectivity index (χ0) is 15.2. The molecule has 2 amide bonds. The molecule has 1 aromatic rings. The molecular formula is C17H22N2O2. The van der Waals surface area contributed by atoms with E-state index in [9.17, 15) is 9.59 Å². The minimum Gasteiger partial charge on any atom is -0.352 e. The number of benzene rings is 1. The largest absolute Gasteiger partial charge is 0.352 e. The minimum absolute atomic E-state index is 0.0810. The summed E-state index contributed by atoms with van der Waals surface area (Å²) in [6.07, 6.45) is 4.89. The Hall–Kier alpha value is -2.10. The fraction of sp³-hybridized carbons (Fsp3) is 0.412. The molecule has 0 aliphatic carbocycles. The van der Waals surface area contributed by atoms with E-state index in [1.165, 1.54) is 0 Å². The smallest absolute Gasteiger partial charge is 0.244 e. The Morgan fingerprint density at radius 3 is 2.62 bits per heavy atom. The predicted molar refractivity (Wildman–Crippen MR) is 84.9 cm³/mol. The van der Waals surface area contributed by atoms with Crippen molar-refractivity contribution in [3.63, 3.8) is 0 Å². The van der Waals surface area contributed by atoms with Crippen molar-refractivity contribution in [3.05, 3.63) is 35.9 Å². The second-order valence-electron chi connectivity index (χ2n) is 5.71. The van der Waals surface area contributed by atoms with Crippen LogP contribution in [-0.2, 0) is 9.59 Å². The van der Waals surface area contributed by atoms with Crippen molar-refractivity contribution in [1.82, 2.24) is 5.32 Å². The van der Waals surface area contributed by atoms with E-state index in [2.05, 4.69) is 19.2 Å². The van der Waals surface area contributed by atoms with E-state index in [4.69, 9.17) is 0 Å². The van der Waals surface area contributed by atoms with Gasteiger partial charge in [0.05, 0.1) is 0 Å². The molecule has 1 saturated heterocycles. The van der Waals surface area contributed by atoms with Crippen LogP contribution in [0.25, 0.3) is 6.08 Å². The van der Waals surface area contributed by atoms with Crippen LogP contribution in [-0.4, -0.2) is 24.9 Å². The maximum Gasteiger partial charge on any atom is 0.244 e. The average molecular weight is 286 g/mol. The topological polar surface area (TPSA) is 49.4 Å². The number of carbonyl (C=O) groups excluding carboxylic acids is 2. The minimum atomic E-state index is -0.0810. The number of nitrogens with zero attached hydrogens (tertiary/aromatic N) is 1. The third-order valence-electron chi connectivity index (χ3n) is 3.39. The highest BCUT2D eigenvalue weighted by Crippen LogP contribution is 2.21. The van der Waals surface area contributed by atoms with Crippen molar-refractivity contribution in [2.24, 2.45) is 5.92 Å². The molecule has 1 N–H and O–H groups in total. The maximum atomic E-state index is 11.7. The second-order valence-corrected chi connectivity index (χ2v) is 5.71. The zero-order valence-corrected chi connectivity index (χ0v) is 12.6. The molecule has 0 unspecified atom stereocenters. The summed E-state index contributed by atoms with van der Waals surface area (Å²) >= 11 is 0. The first kappa shape index (κ1) is 15.3. The molecule has 0 bridgehead atoms. The fourth-order valence-electron chi connectivity index (χ4n) is 2.22. The molecule has 0 saturated carbocycles. The molecule has 112 valence electrons. The summed E-state index contributed by atoms with van der Waals surface area (Å²) in [5.41, 5.74) is 1.88. The van der Waals surface area contributed by atoms with Gasteiger partial charge in [-0.2, -0.15) is 0 Å². The second kappa shape index (κ2) is 7.07. The standard InChI is InChI=1S/C17H22N2O2/c1-13(2)12-18-16(20)10-7-14-5-8-15(9-6-14)19-11-3-4-17(19)21/h5-10,13H,3-4,11-12H2,1-2H3,(H,18,20)/b10-7+. The van der Waals surface area contributed by atoms with Gasteiger partial charge in [0.1, 0.15) is 0 Å². The van der Waals surface area contributed by atoms with Crippen molar-refractivity contribution in [1.29, 1.82) is 0 Å². The van der Waals surface area contributed by atoms with Crippen molar-refractivity contribution in [2.75, 3.05) is 18.0 Å². The predicted octanol–water partition coefficient (Wildman–Crippen LogP) is 2.60. The number of rotatable bonds is 5. The number of hydrogen-bond donors (Lipinski definition) is 1. The van der Waals surface area contributed by atoms with Crippen LogP contribution in [0.4, 0.5) is 5.69 Å². The van der Waals surface area contributed by atoms with Gasteiger partial charge in [-0.25, -0.2) is 0 Å². The van der Waals surface area contributed by atoms with Crippen LogP contribution in [0.1, 0.15) is 32.3 Å². The SMILES string of the molecule is CC(C)CNC(=O)/C=C/c1ccc(N2CCCC2=O)cc1. The molecule has 1 fully saturated rings. The molecule has 1 aliphatic rings. The molecule has 1 aliphatic heterocycles. The lowest BCUT2D eigenvalue weighted by atomic mass is 10.2. The van der Waals surface area contributed by atoms with E-state index in [0.717, 1.165) is 24.2 Å². The first-order valence-electron chi connectivity index (χ1n) is 7.42. The van der Waals surface area contributed by atoms with E-state index < -0.39 is 0 Å². The van der Waals surface area contributed by atoms with E-state index in [-0.39, 0.29) is 11.8 Å². The van der Waals surface area contributed by atoms with E-state index in [1.54, 1.807) is 12.2 Å². The molecule has 0 atom stereocenters. The van der Waals surface area contributed by atoms with Crippen LogP contribution < -0.4 is 10.2 Å². The first-order chi connectivity index (χ1) is 10.1. The highest BCUT2D eigenvalue weighted by atomic mass is 16.2. The lowest BCUT2D eigenvalue weighted by Crippen LogP contribution is -2.25. The molecule has 4 heteroatoms. The van der Waals surface area contributed by atoms with E-state index in [0.29, 0.717) is 18.9 Å². The Labute approximate surface area is 125 Å². The molecular weight excluding hydrogens is 264 g/mol. The molecule has 2 rings (SSSR count). The van der Waals surface area contributed by atoms with Crippen LogP contribution in [0.5, 0.6) is 0 Å². The Morgan fingerprint density at radius 2 is 2.05 bits per heavy atom. The number of anilines is 1. The van der Waals surface area contributed by atoms with Crippen LogP contribution in [0, 0.1) is 5.92 Å². The van der Waals surface area contributed by atoms with Gasteiger partial charge in [0, 0.05) is 31.3 Å². The lowest BCUT2D eigenvalue weighted by Gasteiger charge is -2.15. The van der Waals surface area contributed by atoms with Gasteiger partial charge < -0.3 is 10.2 Å². The highest BCUT2D eigenvalue weighted by molar-refractivity contribution is 5.95. The molecule has 21 heavy (non-hydrogen) atoms. The van der Waals surface area contributed by atoms with Crippen molar-refractivity contribution in [3.8, 4) is 0 Å². The number of amides is 2. The van der Waals surface area contributed by atoms with Gasteiger partial charge in [0.2, 0.25) is 11.8 Å². The summed E-state index contributed by atoms with van der Waals surface area (Å²) in [4.78, 5) is 25.1. The van der Waals surface area contributed by atoms with Gasteiger partial charge in [-0.15, -0.1) is 0 Å². The third-order valence-corrected chi connectivity index (χ3v) is 3.39. The Bertz CT molecular complexity index is 532.